The van der Waals surface area contributed by atoms with E-state index in [1.165, 1.54) is 12.3 Å². The summed E-state index contributed by atoms with van der Waals surface area (Å²) in [6.45, 7) is 0. The molecule has 3 nitrogen and oxygen atoms in total. The molecule has 0 atom stereocenters. The van der Waals surface area contributed by atoms with Gasteiger partial charge in [0.2, 0.25) is 0 Å². The normalized spacial score (nSPS) is 12.0. The molecule has 0 amide bonds. The first-order valence-electron chi connectivity index (χ1n) is 5.62. The Hall–Kier alpha value is -2.08. The van der Waals surface area contributed by atoms with Crippen molar-refractivity contribution in [3.05, 3.63) is 47.4 Å². The number of aromatic nitrogens is 3. The van der Waals surface area contributed by atoms with Crippen LogP contribution in [0.25, 0.3) is 22.3 Å². The van der Waals surface area contributed by atoms with Crippen molar-refractivity contribution in [3.8, 4) is 11.3 Å². The zero-order valence-corrected chi connectivity index (χ0v) is 10.6. The predicted molar refractivity (Wildman–Crippen MR) is 69.3 cm³/mol. The van der Waals surface area contributed by atoms with E-state index in [1.807, 2.05) is 0 Å². The van der Waals surface area contributed by atoms with E-state index in [0.717, 1.165) is 6.07 Å². The Balaban J connectivity index is 2.05. The molecule has 0 aliphatic heterocycles. The highest BCUT2D eigenvalue weighted by Gasteiger charge is 2.32. The van der Waals surface area contributed by atoms with Crippen LogP contribution in [0.5, 0.6) is 0 Å². The second-order valence-electron chi connectivity index (χ2n) is 4.17. The van der Waals surface area contributed by atoms with Gasteiger partial charge in [-0.05, 0) is 24.3 Å². The zero-order valence-electron chi connectivity index (χ0n) is 9.87. The first-order valence-corrected chi connectivity index (χ1v) is 6.00. The van der Waals surface area contributed by atoms with E-state index >= 15 is 0 Å². The van der Waals surface area contributed by atoms with Crippen LogP contribution in [0, 0.1) is 0 Å². The van der Waals surface area contributed by atoms with Crippen LogP contribution in [0.2, 0.25) is 5.02 Å². The van der Waals surface area contributed by atoms with Gasteiger partial charge in [0.25, 0.3) is 0 Å². The number of nitrogens with one attached hydrogen (secondary N) is 1. The maximum Gasteiger partial charge on any atom is 0.433 e. The number of nitrogens with zero attached hydrogens (tertiary/aromatic N) is 2. The van der Waals surface area contributed by atoms with Gasteiger partial charge < -0.3 is 4.98 Å². The third-order valence-corrected chi connectivity index (χ3v) is 3.17. The summed E-state index contributed by atoms with van der Waals surface area (Å²) in [5.74, 6) is 0. The second kappa shape index (κ2) is 4.49. The summed E-state index contributed by atoms with van der Waals surface area (Å²) < 4.78 is 37.3. The summed E-state index contributed by atoms with van der Waals surface area (Å²) in [7, 11) is 0. The van der Waals surface area contributed by atoms with Gasteiger partial charge in [-0.25, -0.2) is 4.98 Å². The molecule has 102 valence electrons. The van der Waals surface area contributed by atoms with Crippen LogP contribution in [0.15, 0.2) is 36.7 Å². The molecule has 0 radical (unpaired) electrons. The van der Waals surface area contributed by atoms with Crippen LogP contribution in [0.4, 0.5) is 13.2 Å². The Kier molecular flexibility index (Phi) is 2.90. The summed E-state index contributed by atoms with van der Waals surface area (Å²) in [6.07, 6.45) is -1.72. The molecule has 0 aliphatic carbocycles. The van der Waals surface area contributed by atoms with Crippen LogP contribution < -0.4 is 0 Å². The van der Waals surface area contributed by atoms with E-state index in [1.54, 1.807) is 18.3 Å². The maximum absolute atomic E-state index is 12.4. The maximum atomic E-state index is 12.4. The first kappa shape index (κ1) is 12.9. The molecule has 0 unspecified atom stereocenters. The summed E-state index contributed by atoms with van der Waals surface area (Å²) in [4.78, 5) is 10.5. The highest BCUT2D eigenvalue weighted by molar-refractivity contribution is 6.35. The molecule has 7 heteroatoms. The van der Waals surface area contributed by atoms with Gasteiger partial charge in [0.05, 0.1) is 5.02 Å². The minimum absolute atomic E-state index is 0.525. The Morgan fingerprint density at radius 3 is 2.50 bits per heavy atom. The van der Waals surface area contributed by atoms with Crippen molar-refractivity contribution in [2.24, 2.45) is 0 Å². The zero-order chi connectivity index (χ0) is 14.3. The minimum Gasteiger partial charge on any atom is -0.339 e. The number of hydrogen-bond acceptors (Lipinski definition) is 2. The lowest BCUT2D eigenvalue weighted by molar-refractivity contribution is -0.141. The van der Waals surface area contributed by atoms with Gasteiger partial charge in [0, 0.05) is 29.0 Å². The third kappa shape index (κ3) is 2.22. The van der Waals surface area contributed by atoms with E-state index < -0.39 is 11.9 Å². The summed E-state index contributed by atoms with van der Waals surface area (Å²) in [5, 5.41) is 1.24. The topological polar surface area (TPSA) is 41.6 Å². The molecule has 3 rings (SSSR count). The van der Waals surface area contributed by atoms with Crippen molar-refractivity contribution in [2.75, 3.05) is 0 Å². The Morgan fingerprint density at radius 1 is 1.10 bits per heavy atom. The second-order valence-corrected chi connectivity index (χ2v) is 4.58. The fourth-order valence-electron chi connectivity index (χ4n) is 1.87. The third-order valence-electron chi connectivity index (χ3n) is 2.84. The molecule has 0 bridgehead atoms. The standard InChI is InChI=1S/C13H7ClF3N3/c14-9-3-4-18-12-8(9)5-10(20-12)7-1-2-11(19-6-7)13(15,16)17/h1-6H,(H,18,20). The molecule has 0 aromatic carbocycles. The summed E-state index contributed by atoms with van der Waals surface area (Å²) >= 11 is 6.02. The number of fused-ring (bicyclic) bond motifs is 1. The van der Waals surface area contributed by atoms with Gasteiger partial charge in [-0.1, -0.05) is 11.6 Å². The number of halogens is 4. The Bertz CT molecular complexity index is 763. The van der Waals surface area contributed by atoms with E-state index in [-0.39, 0.29) is 0 Å². The lowest BCUT2D eigenvalue weighted by atomic mass is 10.2. The molecule has 3 heterocycles. The smallest absolute Gasteiger partial charge is 0.339 e. The molecule has 20 heavy (non-hydrogen) atoms. The van der Waals surface area contributed by atoms with E-state index in [2.05, 4.69) is 15.0 Å². The van der Waals surface area contributed by atoms with Crippen LogP contribution in [0.3, 0.4) is 0 Å². The summed E-state index contributed by atoms with van der Waals surface area (Å²) in [5.41, 5.74) is 0.801. The first-order chi connectivity index (χ1) is 9.45. The average molecular weight is 298 g/mol. The fourth-order valence-corrected chi connectivity index (χ4v) is 2.07. The molecule has 0 spiro atoms. The fraction of sp³-hybridized carbons (Fsp3) is 0.0769. The molecule has 0 saturated heterocycles. The number of H-pyrrole nitrogens is 1. The van der Waals surface area contributed by atoms with Gasteiger partial charge >= 0.3 is 6.18 Å². The molecule has 3 aromatic rings. The number of alkyl halides is 3. The largest absolute Gasteiger partial charge is 0.433 e. The van der Waals surface area contributed by atoms with Crippen LogP contribution in [-0.4, -0.2) is 15.0 Å². The highest BCUT2D eigenvalue weighted by atomic mass is 35.5. The van der Waals surface area contributed by atoms with E-state index in [9.17, 15) is 13.2 Å². The lowest BCUT2D eigenvalue weighted by Gasteiger charge is -2.05. The molecular formula is C13H7ClF3N3. The van der Waals surface area contributed by atoms with Crippen LogP contribution >= 0.6 is 11.6 Å². The number of aromatic amines is 1. The van der Waals surface area contributed by atoms with Gasteiger partial charge in [-0.2, -0.15) is 13.2 Å². The number of rotatable bonds is 1. The molecular weight excluding hydrogens is 291 g/mol. The monoisotopic (exact) mass is 297 g/mol. The average Bonchev–Trinajstić information content (AvgIpc) is 2.83. The van der Waals surface area contributed by atoms with Crippen molar-refractivity contribution in [2.45, 2.75) is 6.18 Å². The van der Waals surface area contributed by atoms with Gasteiger partial charge in [-0.3, -0.25) is 4.98 Å². The van der Waals surface area contributed by atoms with Crippen molar-refractivity contribution < 1.29 is 13.2 Å². The Morgan fingerprint density at radius 2 is 1.90 bits per heavy atom. The SMILES string of the molecule is FC(F)(F)c1ccc(-c2cc3c(Cl)ccnc3[nH]2)cn1. The van der Waals surface area contributed by atoms with Gasteiger partial charge in [0.15, 0.2) is 0 Å². The van der Waals surface area contributed by atoms with Crippen molar-refractivity contribution in [1.82, 2.24) is 15.0 Å². The van der Waals surface area contributed by atoms with Crippen molar-refractivity contribution >= 4 is 22.6 Å². The van der Waals surface area contributed by atoms with Gasteiger partial charge in [-0.15, -0.1) is 0 Å². The number of hydrogen-bond donors (Lipinski definition) is 1. The van der Waals surface area contributed by atoms with Crippen LogP contribution in [-0.2, 0) is 6.18 Å². The lowest BCUT2D eigenvalue weighted by Crippen LogP contribution is -2.07. The van der Waals surface area contributed by atoms with E-state index in [4.69, 9.17) is 11.6 Å². The minimum atomic E-state index is -4.44. The molecule has 0 saturated carbocycles. The Labute approximate surface area is 116 Å². The number of pyridine rings is 2. The molecule has 3 aromatic heterocycles. The van der Waals surface area contributed by atoms with Crippen LogP contribution in [0.1, 0.15) is 5.69 Å². The predicted octanol–water partition coefficient (Wildman–Crippen LogP) is 4.30. The highest BCUT2D eigenvalue weighted by Crippen LogP contribution is 2.30. The summed E-state index contributed by atoms with van der Waals surface area (Å²) in [6, 6.07) is 5.67. The van der Waals surface area contributed by atoms with Crippen molar-refractivity contribution in [1.29, 1.82) is 0 Å². The molecule has 0 aliphatic rings. The molecule has 1 N–H and O–H groups in total. The van der Waals surface area contributed by atoms with Gasteiger partial charge in [0.1, 0.15) is 11.3 Å². The van der Waals surface area contributed by atoms with E-state index in [0.29, 0.717) is 27.3 Å². The quantitative estimate of drug-likeness (QED) is 0.727. The van der Waals surface area contributed by atoms with Crippen molar-refractivity contribution in [3.63, 3.8) is 0 Å². The molecule has 0 fully saturated rings.